The number of Topliss-reactive ketones (excluding diaryl/α,β-unsaturated/α-hetero) is 1. The topological polar surface area (TPSA) is 57.0 Å². The van der Waals surface area contributed by atoms with Crippen molar-refractivity contribution in [3.63, 3.8) is 0 Å². The molecule has 0 N–H and O–H groups in total. The zero-order valence-corrected chi connectivity index (χ0v) is 20.6. The molecule has 0 atom stereocenters. The van der Waals surface area contributed by atoms with E-state index in [-0.39, 0.29) is 11.5 Å². The van der Waals surface area contributed by atoms with Crippen molar-refractivity contribution in [2.75, 3.05) is 12.4 Å². The van der Waals surface area contributed by atoms with Gasteiger partial charge in [0.15, 0.2) is 16.8 Å². The molecule has 0 bridgehead atoms. The van der Waals surface area contributed by atoms with Crippen LogP contribution < -0.4 is 4.74 Å². The lowest BCUT2D eigenvalue weighted by molar-refractivity contribution is 0.102. The summed E-state index contributed by atoms with van der Waals surface area (Å²) in [5.41, 5.74) is 2.39. The van der Waals surface area contributed by atoms with E-state index in [0.717, 1.165) is 27.8 Å². The molecule has 5 nitrogen and oxygen atoms in total. The Morgan fingerprint density at radius 3 is 2.49 bits per heavy atom. The summed E-state index contributed by atoms with van der Waals surface area (Å²) < 4.78 is 7.53. The molecule has 0 aliphatic carbocycles. The molecule has 0 spiro atoms. The summed E-state index contributed by atoms with van der Waals surface area (Å²) in [5, 5.41) is 12.3. The van der Waals surface area contributed by atoms with E-state index in [2.05, 4.69) is 10.2 Å². The Kier molecular flexibility index (Phi) is 6.84. The Morgan fingerprint density at radius 2 is 1.71 bits per heavy atom. The summed E-state index contributed by atoms with van der Waals surface area (Å²) >= 11 is 7.60. The maximum absolute atomic E-state index is 13.0. The normalized spacial score (nSPS) is 11.0. The molecule has 7 heteroatoms. The third kappa shape index (κ3) is 5.09. The van der Waals surface area contributed by atoms with Gasteiger partial charge in [-0.15, -0.1) is 10.2 Å². The molecule has 0 aliphatic heterocycles. The van der Waals surface area contributed by atoms with E-state index in [1.807, 2.05) is 102 Å². The molecule has 0 saturated carbocycles. The lowest BCUT2D eigenvalue weighted by Gasteiger charge is -2.12. The number of carbonyl (C=O) groups excluding carboxylic acids is 1. The van der Waals surface area contributed by atoms with Gasteiger partial charge in [-0.3, -0.25) is 9.36 Å². The van der Waals surface area contributed by atoms with Crippen LogP contribution in [0, 0.1) is 0 Å². The van der Waals surface area contributed by atoms with E-state index in [9.17, 15) is 4.79 Å². The fourth-order valence-electron chi connectivity index (χ4n) is 3.85. The van der Waals surface area contributed by atoms with Crippen molar-refractivity contribution in [3.05, 3.63) is 102 Å². The largest absolute Gasteiger partial charge is 0.494 e. The molecule has 5 aromatic rings. The minimum Gasteiger partial charge on any atom is -0.494 e. The maximum atomic E-state index is 13.0. The van der Waals surface area contributed by atoms with Gasteiger partial charge in [0.25, 0.3) is 0 Å². The van der Waals surface area contributed by atoms with Crippen LogP contribution in [-0.2, 0) is 0 Å². The third-order valence-corrected chi connectivity index (χ3v) is 6.69. The van der Waals surface area contributed by atoms with Gasteiger partial charge < -0.3 is 4.74 Å². The Hall–Kier alpha value is -3.61. The quantitative estimate of drug-likeness (QED) is 0.168. The predicted molar refractivity (Wildman–Crippen MR) is 142 cm³/mol. The first kappa shape index (κ1) is 23.1. The Morgan fingerprint density at radius 1 is 0.914 bits per heavy atom. The smallest absolute Gasteiger partial charge is 0.196 e. The maximum Gasteiger partial charge on any atom is 0.196 e. The van der Waals surface area contributed by atoms with Crippen LogP contribution in [-0.4, -0.2) is 32.9 Å². The Bertz CT molecular complexity index is 1500. The number of rotatable bonds is 8. The molecule has 35 heavy (non-hydrogen) atoms. The zero-order chi connectivity index (χ0) is 24.2. The minimum absolute atomic E-state index is 0.0336. The van der Waals surface area contributed by atoms with Crippen LogP contribution in [0.25, 0.3) is 27.8 Å². The summed E-state index contributed by atoms with van der Waals surface area (Å²) in [6.07, 6.45) is 0. The standard InChI is InChI=1S/C28H22ClN3O2S/c1-2-34-25-14-12-24(13-15-25)32-27(22-8-5-9-23(29)17-22)30-31-28(32)35-18-26(33)21-11-10-19-6-3-4-7-20(19)16-21/h3-17H,2,18H2,1H3. The van der Waals surface area contributed by atoms with Gasteiger partial charge in [0.05, 0.1) is 12.4 Å². The number of carbonyl (C=O) groups is 1. The van der Waals surface area contributed by atoms with E-state index < -0.39 is 0 Å². The van der Waals surface area contributed by atoms with Crippen molar-refractivity contribution in [3.8, 4) is 22.8 Å². The van der Waals surface area contributed by atoms with Crippen molar-refractivity contribution in [2.24, 2.45) is 0 Å². The number of hydrogen-bond acceptors (Lipinski definition) is 5. The molecule has 1 heterocycles. The number of nitrogens with zero attached hydrogens (tertiary/aromatic N) is 3. The second-order valence-electron chi connectivity index (χ2n) is 7.85. The summed E-state index contributed by atoms with van der Waals surface area (Å²) in [7, 11) is 0. The highest BCUT2D eigenvalue weighted by Crippen LogP contribution is 2.30. The molecule has 1 aromatic heterocycles. The van der Waals surface area contributed by atoms with Gasteiger partial charge in [0.1, 0.15) is 5.75 Å². The highest BCUT2D eigenvalue weighted by Gasteiger charge is 2.18. The van der Waals surface area contributed by atoms with Crippen LogP contribution in [0.3, 0.4) is 0 Å². The van der Waals surface area contributed by atoms with Gasteiger partial charge >= 0.3 is 0 Å². The summed E-state index contributed by atoms with van der Waals surface area (Å²) in [5.74, 6) is 1.71. The first-order valence-corrected chi connectivity index (χ1v) is 12.6. The molecule has 174 valence electrons. The monoisotopic (exact) mass is 499 g/mol. The first-order valence-electron chi connectivity index (χ1n) is 11.2. The number of benzene rings is 4. The Labute approximate surface area is 212 Å². The highest BCUT2D eigenvalue weighted by atomic mass is 35.5. The second-order valence-corrected chi connectivity index (χ2v) is 9.23. The molecule has 0 aliphatic rings. The summed E-state index contributed by atoms with van der Waals surface area (Å²) in [4.78, 5) is 13.0. The van der Waals surface area contributed by atoms with Gasteiger partial charge in [-0.1, -0.05) is 71.9 Å². The van der Waals surface area contributed by atoms with Crippen LogP contribution >= 0.6 is 23.4 Å². The fourth-order valence-corrected chi connectivity index (χ4v) is 4.88. The second kappa shape index (κ2) is 10.3. The lowest BCUT2D eigenvalue weighted by atomic mass is 10.1. The number of hydrogen-bond donors (Lipinski definition) is 0. The van der Waals surface area contributed by atoms with E-state index in [1.54, 1.807) is 0 Å². The summed E-state index contributed by atoms with van der Waals surface area (Å²) in [6.45, 7) is 2.55. The zero-order valence-electron chi connectivity index (χ0n) is 19.0. The van der Waals surface area contributed by atoms with Crippen molar-refractivity contribution >= 4 is 39.9 Å². The van der Waals surface area contributed by atoms with Crippen molar-refractivity contribution in [1.82, 2.24) is 14.8 Å². The van der Waals surface area contributed by atoms with Gasteiger partial charge in [0.2, 0.25) is 0 Å². The van der Waals surface area contributed by atoms with E-state index >= 15 is 0 Å². The SMILES string of the molecule is CCOc1ccc(-n2c(SCC(=O)c3ccc4ccccc4c3)nnc2-c2cccc(Cl)c2)cc1. The van der Waals surface area contributed by atoms with Crippen LogP contribution in [0.15, 0.2) is 96.2 Å². The molecule has 0 radical (unpaired) electrons. The van der Waals surface area contributed by atoms with Crippen LogP contribution in [0.5, 0.6) is 5.75 Å². The molecule has 0 saturated heterocycles. The number of ketones is 1. The van der Waals surface area contributed by atoms with Crippen molar-refractivity contribution in [1.29, 1.82) is 0 Å². The fraction of sp³-hybridized carbons (Fsp3) is 0.107. The Balaban J connectivity index is 1.46. The summed E-state index contributed by atoms with van der Waals surface area (Å²) in [6, 6.07) is 29.0. The number of aromatic nitrogens is 3. The third-order valence-electron chi connectivity index (χ3n) is 5.53. The lowest BCUT2D eigenvalue weighted by Crippen LogP contribution is -2.05. The van der Waals surface area contributed by atoms with Crippen molar-refractivity contribution < 1.29 is 9.53 Å². The van der Waals surface area contributed by atoms with Crippen molar-refractivity contribution in [2.45, 2.75) is 12.1 Å². The van der Waals surface area contributed by atoms with E-state index in [0.29, 0.717) is 28.2 Å². The highest BCUT2D eigenvalue weighted by molar-refractivity contribution is 7.99. The molecule has 5 rings (SSSR count). The minimum atomic E-state index is 0.0336. The number of halogens is 1. The first-order chi connectivity index (χ1) is 17.1. The molecular formula is C28H22ClN3O2S. The van der Waals surface area contributed by atoms with Gasteiger partial charge in [-0.25, -0.2) is 0 Å². The number of thioether (sulfide) groups is 1. The molecule has 0 fully saturated rings. The average Bonchev–Trinajstić information content (AvgIpc) is 3.31. The van der Waals surface area contributed by atoms with E-state index in [4.69, 9.17) is 16.3 Å². The van der Waals surface area contributed by atoms with Crippen LogP contribution in [0.2, 0.25) is 5.02 Å². The molecule has 4 aromatic carbocycles. The van der Waals surface area contributed by atoms with Gasteiger partial charge in [-0.05, 0) is 60.2 Å². The molecule has 0 unspecified atom stereocenters. The predicted octanol–water partition coefficient (Wildman–Crippen LogP) is 7.11. The average molecular weight is 500 g/mol. The number of fused-ring (bicyclic) bond motifs is 1. The molecule has 0 amide bonds. The number of ether oxygens (including phenoxy) is 1. The van der Waals surface area contributed by atoms with E-state index in [1.165, 1.54) is 11.8 Å². The van der Waals surface area contributed by atoms with Gasteiger partial charge in [0, 0.05) is 21.8 Å². The van der Waals surface area contributed by atoms with Crippen LogP contribution in [0.4, 0.5) is 0 Å². The molecular weight excluding hydrogens is 478 g/mol. The van der Waals surface area contributed by atoms with Crippen LogP contribution in [0.1, 0.15) is 17.3 Å². The van der Waals surface area contributed by atoms with Gasteiger partial charge in [-0.2, -0.15) is 0 Å².